The Labute approximate surface area is 197 Å². The van der Waals surface area contributed by atoms with Crippen LogP contribution in [0.5, 0.6) is 17.4 Å². The molecule has 0 fully saturated rings. The molecule has 1 aromatic carbocycles. The molecule has 1 atom stereocenters. The summed E-state index contributed by atoms with van der Waals surface area (Å²) in [6.45, 7) is 1.62. The van der Waals surface area contributed by atoms with E-state index in [0.717, 1.165) is 42.2 Å². The molecule has 0 saturated carbocycles. The van der Waals surface area contributed by atoms with Crippen molar-refractivity contribution in [2.75, 3.05) is 25.3 Å². The van der Waals surface area contributed by atoms with Crippen molar-refractivity contribution >= 4 is 11.8 Å². The molecule has 9 heteroatoms. The summed E-state index contributed by atoms with van der Waals surface area (Å²) >= 11 is 0. The third-order valence-electron chi connectivity index (χ3n) is 6.19. The van der Waals surface area contributed by atoms with Gasteiger partial charge in [-0.3, -0.25) is 4.79 Å². The molecule has 5 rings (SSSR count). The summed E-state index contributed by atoms with van der Waals surface area (Å²) in [6, 6.07) is 11.7. The van der Waals surface area contributed by atoms with E-state index in [1.165, 1.54) is 5.56 Å². The minimum absolute atomic E-state index is 0.00948. The number of nitrogens with one attached hydrogen (secondary N) is 1. The normalized spacial score (nSPS) is 14.9. The SMILES string of the molecule is Cn1nc(C[C@@H](CC(=O)O)c2ccc3c(c2)OCO3)cc1OCCc1ccc2c(n1)NCCC2. The predicted molar refractivity (Wildman–Crippen MR) is 125 cm³/mol. The molecule has 2 N–H and O–H groups in total. The van der Waals surface area contributed by atoms with Crippen LogP contribution in [0, 0.1) is 0 Å². The van der Waals surface area contributed by atoms with Crippen LogP contribution in [0.15, 0.2) is 36.4 Å². The number of rotatable bonds is 9. The molecule has 0 bridgehead atoms. The first kappa shape index (κ1) is 22.1. The fourth-order valence-electron chi connectivity index (χ4n) is 4.45. The highest BCUT2D eigenvalue weighted by atomic mass is 16.7. The maximum absolute atomic E-state index is 11.5. The summed E-state index contributed by atoms with van der Waals surface area (Å²) in [4.78, 5) is 16.2. The highest BCUT2D eigenvalue weighted by Crippen LogP contribution is 2.36. The largest absolute Gasteiger partial charge is 0.481 e. The number of aliphatic carboxylic acids is 1. The summed E-state index contributed by atoms with van der Waals surface area (Å²) in [5, 5.41) is 17.4. The summed E-state index contributed by atoms with van der Waals surface area (Å²) in [6.07, 6.45) is 3.36. The first-order valence-electron chi connectivity index (χ1n) is 11.5. The molecule has 2 aromatic heterocycles. The summed E-state index contributed by atoms with van der Waals surface area (Å²) in [5.74, 6) is 1.84. The Morgan fingerprint density at radius 2 is 2.09 bits per heavy atom. The van der Waals surface area contributed by atoms with Crippen LogP contribution in [0.25, 0.3) is 0 Å². The molecule has 0 aliphatic carbocycles. The van der Waals surface area contributed by atoms with Crippen molar-refractivity contribution in [3.05, 3.63) is 58.9 Å². The Bertz CT molecular complexity index is 1190. The zero-order valence-electron chi connectivity index (χ0n) is 19.1. The van der Waals surface area contributed by atoms with Crippen LogP contribution in [0.1, 0.15) is 41.3 Å². The first-order chi connectivity index (χ1) is 16.5. The molecule has 0 radical (unpaired) electrons. The molecule has 178 valence electrons. The van der Waals surface area contributed by atoms with Crippen molar-refractivity contribution < 1.29 is 24.1 Å². The minimum atomic E-state index is -0.859. The number of benzene rings is 1. The smallest absolute Gasteiger partial charge is 0.303 e. The topological polar surface area (TPSA) is 108 Å². The number of aromatic nitrogens is 3. The van der Waals surface area contributed by atoms with Gasteiger partial charge in [0.15, 0.2) is 11.5 Å². The lowest BCUT2D eigenvalue weighted by Crippen LogP contribution is -2.14. The lowest BCUT2D eigenvalue weighted by molar-refractivity contribution is -0.137. The van der Waals surface area contributed by atoms with Crippen molar-refractivity contribution in [1.29, 1.82) is 0 Å². The fraction of sp³-hybridized carbons (Fsp3) is 0.400. The standard InChI is InChI=1S/C25H28N4O5/c1-29-23(32-10-8-19-6-4-16-3-2-9-26-25(16)27-19)14-20(28-29)11-18(13-24(30)31)17-5-7-21-22(12-17)34-15-33-21/h4-7,12,14,18H,2-3,8-11,13,15H2,1H3,(H,26,27)(H,30,31)/t18-/m0/s1. The molecule has 0 amide bonds. The van der Waals surface area contributed by atoms with Gasteiger partial charge in [0.2, 0.25) is 12.7 Å². The molecule has 0 saturated heterocycles. The van der Waals surface area contributed by atoms with E-state index in [1.54, 1.807) is 4.68 Å². The number of pyridine rings is 1. The second-order valence-corrected chi connectivity index (χ2v) is 8.65. The van der Waals surface area contributed by atoms with Crippen LogP contribution in [0.2, 0.25) is 0 Å². The third-order valence-corrected chi connectivity index (χ3v) is 6.19. The van der Waals surface area contributed by atoms with Gasteiger partial charge in [0, 0.05) is 37.7 Å². The van der Waals surface area contributed by atoms with E-state index in [0.29, 0.717) is 36.8 Å². The fourth-order valence-corrected chi connectivity index (χ4v) is 4.45. The first-order valence-corrected chi connectivity index (χ1v) is 11.5. The number of aryl methyl sites for hydroxylation is 2. The Balaban J connectivity index is 1.23. The van der Waals surface area contributed by atoms with Gasteiger partial charge in [-0.05, 0) is 48.6 Å². The van der Waals surface area contributed by atoms with Crippen molar-refractivity contribution in [3.63, 3.8) is 0 Å². The molecule has 2 aliphatic heterocycles. The third kappa shape index (κ3) is 4.93. The van der Waals surface area contributed by atoms with Gasteiger partial charge in [-0.25, -0.2) is 9.67 Å². The number of ether oxygens (including phenoxy) is 3. The summed E-state index contributed by atoms with van der Waals surface area (Å²) in [7, 11) is 1.83. The van der Waals surface area contributed by atoms with E-state index in [2.05, 4.69) is 22.5 Å². The van der Waals surface area contributed by atoms with Crippen molar-refractivity contribution in [1.82, 2.24) is 14.8 Å². The van der Waals surface area contributed by atoms with Gasteiger partial charge in [0.1, 0.15) is 5.82 Å². The molecule has 2 aliphatic rings. The van der Waals surface area contributed by atoms with E-state index < -0.39 is 5.97 Å². The monoisotopic (exact) mass is 464 g/mol. The highest BCUT2D eigenvalue weighted by molar-refractivity contribution is 5.68. The number of anilines is 1. The zero-order chi connectivity index (χ0) is 23.5. The number of carboxylic acid groups (broad SMARTS) is 1. The number of nitrogens with zero attached hydrogens (tertiary/aromatic N) is 3. The summed E-state index contributed by atoms with van der Waals surface area (Å²) < 4.78 is 18.5. The van der Waals surface area contributed by atoms with Gasteiger partial charge in [0.05, 0.1) is 18.7 Å². The average Bonchev–Trinajstić information content (AvgIpc) is 3.44. The average molecular weight is 465 g/mol. The molecule has 3 aromatic rings. The second kappa shape index (κ2) is 9.62. The van der Waals surface area contributed by atoms with Gasteiger partial charge < -0.3 is 24.6 Å². The molecular weight excluding hydrogens is 436 g/mol. The number of fused-ring (bicyclic) bond motifs is 2. The number of hydrogen-bond acceptors (Lipinski definition) is 7. The Morgan fingerprint density at radius 3 is 2.97 bits per heavy atom. The highest BCUT2D eigenvalue weighted by Gasteiger charge is 2.22. The van der Waals surface area contributed by atoms with Crippen LogP contribution in [-0.2, 0) is 31.1 Å². The van der Waals surface area contributed by atoms with Gasteiger partial charge in [-0.15, -0.1) is 0 Å². The van der Waals surface area contributed by atoms with Gasteiger partial charge in [-0.1, -0.05) is 12.1 Å². The van der Waals surface area contributed by atoms with Crippen molar-refractivity contribution in [3.8, 4) is 17.4 Å². The molecule has 34 heavy (non-hydrogen) atoms. The van der Waals surface area contributed by atoms with Crippen molar-refractivity contribution in [2.45, 2.75) is 38.0 Å². The van der Waals surface area contributed by atoms with Gasteiger partial charge >= 0.3 is 5.97 Å². The van der Waals surface area contributed by atoms with Crippen LogP contribution < -0.4 is 19.5 Å². The van der Waals surface area contributed by atoms with E-state index in [1.807, 2.05) is 31.3 Å². The van der Waals surface area contributed by atoms with Gasteiger partial charge in [-0.2, -0.15) is 5.10 Å². The van der Waals surface area contributed by atoms with E-state index in [-0.39, 0.29) is 19.1 Å². The Hall–Kier alpha value is -3.75. The molecule has 4 heterocycles. The van der Waals surface area contributed by atoms with Crippen LogP contribution in [0.3, 0.4) is 0 Å². The number of carbonyl (C=O) groups is 1. The van der Waals surface area contributed by atoms with Crippen LogP contribution >= 0.6 is 0 Å². The van der Waals surface area contributed by atoms with E-state index >= 15 is 0 Å². The summed E-state index contributed by atoms with van der Waals surface area (Å²) in [5.41, 5.74) is 3.91. The van der Waals surface area contributed by atoms with Crippen LogP contribution in [-0.4, -0.2) is 45.8 Å². The maximum atomic E-state index is 11.5. The molecule has 0 unspecified atom stereocenters. The molecule has 0 spiro atoms. The van der Waals surface area contributed by atoms with E-state index in [4.69, 9.17) is 19.2 Å². The van der Waals surface area contributed by atoms with Crippen LogP contribution in [0.4, 0.5) is 5.82 Å². The second-order valence-electron chi connectivity index (χ2n) is 8.65. The lowest BCUT2D eigenvalue weighted by Gasteiger charge is -2.17. The predicted octanol–water partition coefficient (Wildman–Crippen LogP) is 3.32. The lowest BCUT2D eigenvalue weighted by atomic mass is 9.91. The zero-order valence-corrected chi connectivity index (χ0v) is 19.1. The van der Waals surface area contributed by atoms with Crippen molar-refractivity contribution in [2.24, 2.45) is 7.05 Å². The number of hydrogen-bond donors (Lipinski definition) is 2. The molecular formula is C25H28N4O5. The van der Waals surface area contributed by atoms with E-state index in [9.17, 15) is 9.90 Å². The maximum Gasteiger partial charge on any atom is 0.303 e. The Morgan fingerprint density at radius 1 is 1.21 bits per heavy atom. The Kier molecular flexibility index (Phi) is 6.24. The molecule has 9 nitrogen and oxygen atoms in total. The quantitative estimate of drug-likeness (QED) is 0.497. The van der Waals surface area contributed by atoms with Gasteiger partial charge in [0.25, 0.3) is 0 Å². The minimum Gasteiger partial charge on any atom is -0.481 e. The number of carboxylic acids is 1.